The quantitative estimate of drug-likeness (QED) is 0.649. The molecule has 0 unspecified atom stereocenters. The van der Waals surface area contributed by atoms with Crippen molar-refractivity contribution in [2.24, 2.45) is 0 Å². The first-order chi connectivity index (χ1) is 12.2. The first-order valence-electron chi connectivity index (χ1n) is 9.30. The highest BCUT2D eigenvalue weighted by Gasteiger charge is 2.36. The number of aryl methyl sites for hydroxylation is 3. The van der Waals surface area contributed by atoms with E-state index in [9.17, 15) is 8.42 Å². The molecule has 1 saturated carbocycles. The van der Waals surface area contributed by atoms with E-state index in [1.165, 1.54) is 22.6 Å². The lowest BCUT2D eigenvalue weighted by molar-refractivity contribution is 0.220. The van der Waals surface area contributed by atoms with Crippen LogP contribution in [0.4, 0.5) is 0 Å². The molecule has 0 atom stereocenters. The molecule has 144 valence electrons. The Kier molecular flexibility index (Phi) is 5.92. The van der Waals surface area contributed by atoms with Crippen molar-refractivity contribution in [2.45, 2.75) is 83.7 Å². The van der Waals surface area contributed by atoms with E-state index in [0.29, 0.717) is 4.90 Å². The van der Waals surface area contributed by atoms with Crippen LogP contribution in [0.15, 0.2) is 11.0 Å². The van der Waals surface area contributed by atoms with Gasteiger partial charge in [-0.1, -0.05) is 19.3 Å². The lowest BCUT2D eigenvalue weighted by atomic mass is 9.95. The summed E-state index contributed by atoms with van der Waals surface area (Å²) in [5.74, 6) is 0. The minimum atomic E-state index is -3.50. The number of thiazole rings is 1. The van der Waals surface area contributed by atoms with Crippen molar-refractivity contribution in [1.29, 1.82) is 0 Å². The van der Waals surface area contributed by atoms with Crippen molar-refractivity contribution >= 4 is 32.7 Å². The smallest absolute Gasteiger partial charge is 0.240 e. The SMILES string of the molecule is Cc1nc(-c2cc(S(=O)(=O)N(C(C)C)C3CCCCC3)c(C)s2)sc1C. The third kappa shape index (κ3) is 3.77. The van der Waals surface area contributed by atoms with Crippen LogP contribution >= 0.6 is 22.7 Å². The van der Waals surface area contributed by atoms with Crippen LogP contribution in [0.5, 0.6) is 0 Å². The van der Waals surface area contributed by atoms with Crippen LogP contribution in [0.1, 0.15) is 61.4 Å². The van der Waals surface area contributed by atoms with Crippen LogP contribution in [0, 0.1) is 20.8 Å². The monoisotopic (exact) mass is 412 g/mol. The lowest BCUT2D eigenvalue weighted by Crippen LogP contribution is -2.45. The standard InChI is InChI=1S/C19H28N2O2S3/c1-12(2)21(16-9-7-6-8-10-16)26(22,23)18-11-17(24-15(18)5)19-20-13(3)14(4)25-19/h11-12,16H,6-10H2,1-5H3. The van der Waals surface area contributed by atoms with E-state index in [0.717, 1.165) is 46.1 Å². The third-order valence-corrected chi connectivity index (χ3v) is 9.79. The first-order valence-corrected chi connectivity index (χ1v) is 12.4. The summed E-state index contributed by atoms with van der Waals surface area (Å²) >= 11 is 3.17. The van der Waals surface area contributed by atoms with Gasteiger partial charge in [-0.15, -0.1) is 22.7 Å². The van der Waals surface area contributed by atoms with E-state index < -0.39 is 10.0 Å². The summed E-state index contributed by atoms with van der Waals surface area (Å²) in [5.41, 5.74) is 1.02. The predicted octanol–water partition coefficient (Wildman–Crippen LogP) is 5.53. The zero-order valence-electron chi connectivity index (χ0n) is 16.2. The molecule has 4 nitrogen and oxygen atoms in total. The van der Waals surface area contributed by atoms with Crippen molar-refractivity contribution in [3.63, 3.8) is 0 Å². The maximum absolute atomic E-state index is 13.5. The lowest BCUT2D eigenvalue weighted by Gasteiger charge is -2.36. The average Bonchev–Trinajstić information content (AvgIpc) is 3.11. The number of nitrogens with zero attached hydrogens (tertiary/aromatic N) is 2. The van der Waals surface area contributed by atoms with E-state index in [1.54, 1.807) is 15.6 Å². The molecular weight excluding hydrogens is 384 g/mol. The highest BCUT2D eigenvalue weighted by Crippen LogP contribution is 2.39. The molecule has 2 aromatic heterocycles. The van der Waals surface area contributed by atoms with Gasteiger partial charge >= 0.3 is 0 Å². The Labute approximate surface area is 165 Å². The third-order valence-electron chi connectivity index (χ3n) is 5.11. The Hall–Kier alpha value is -0.760. The number of hydrogen-bond donors (Lipinski definition) is 0. The molecule has 26 heavy (non-hydrogen) atoms. The van der Waals surface area contributed by atoms with Gasteiger partial charge in [-0.2, -0.15) is 4.31 Å². The average molecular weight is 413 g/mol. The Morgan fingerprint density at radius 1 is 1.08 bits per heavy atom. The molecule has 1 aliphatic carbocycles. The largest absolute Gasteiger partial charge is 0.244 e. The highest BCUT2D eigenvalue weighted by atomic mass is 32.2. The Balaban J connectivity index is 2.00. The van der Waals surface area contributed by atoms with Crippen LogP contribution in [-0.2, 0) is 10.0 Å². The fourth-order valence-electron chi connectivity index (χ4n) is 3.75. The van der Waals surface area contributed by atoms with Crippen LogP contribution in [0.25, 0.3) is 9.88 Å². The second-order valence-electron chi connectivity index (χ2n) is 7.41. The van der Waals surface area contributed by atoms with Gasteiger partial charge in [-0.05, 0) is 53.5 Å². The summed E-state index contributed by atoms with van der Waals surface area (Å²) in [7, 11) is -3.50. The molecule has 0 N–H and O–H groups in total. The van der Waals surface area contributed by atoms with Crippen LogP contribution in [0.3, 0.4) is 0 Å². The minimum Gasteiger partial charge on any atom is -0.240 e. The zero-order chi connectivity index (χ0) is 19.1. The molecule has 3 rings (SSSR count). The summed E-state index contributed by atoms with van der Waals surface area (Å²) in [6, 6.07) is 1.93. The fraction of sp³-hybridized carbons (Fsp3) is 0.632. The molecule has 0 aromatic carbocycles. The van der Waals surface area contributed by atoms with Gasteiger partial charge in [0.25, 0.3) is 0 Å². The van der Waals surface area contributed by atoms with Gasteiger partial charge < -0.3 is 0 Å². The molecular formula is C19H28N2O2S3. The van der Waals surface area contributed by atoms with Crippen LogP contribution in [0.2, 0.25) is 0 Å². The number of hydrogen-bond acceptors (Lipinski definition) is 5. The number of sulfonamides is 1. The summed E-state index contributed by atoms with van der Waals surface area (Å²) < 4.78 is 28.8. The number of thiophene rings is 1. The molecule has 0 aliphatic heterocycles. The van der Waals surface area contributed by atoms with Gasteiger partial charge in [0.2, 0.25) is 10.0 Å². The van der Waals surface area contributed by atoms with Gasteiger partial charge in [0.15, 0.2) is 0 Å². The second kappa shape index (κ2) is 7.70. The second-order valence-corrected chi connectivity index (χ2v) is 11.7. The molecule has 7 heteroatoms. The molecule has 1 fully saturated rings. The summed E-state index contributed by atoms with van der Waals surface area (Å²) in [6.45, 7) is 9.94. The van der Waals surface area contributed by atoms with Crippen molar-refractivity contribution < 1.29 is 8.42 Å². The zero-order valence-corrected chi connectivity index (χ0v) is 18.7. The number of rotatable bonds is 5. The maximum Gasteiger partial charge on any atom is 0.244 e. The van der Waals surface area contributed by atoms with Crippen molar-refractivity contribution in [2.75, 3.05) is 0 Å². The molecule has 1 aliphatic rings. The molecule has 2 heterocycles. The molecule has 0 amide bonds. The van der Waals surface area contributed by atoms with Crippen molar-refractivity contribution in [3.8, 4) is 9.88 Å². The van der Waals surface area contributed by atoms with Crippen LogP contribution in [-0.4, -0.2) is 29.8 Å². The van der Waals surface area contributed by atoms with E-state index in [2.05, 4.69) is 11.9 Å². The van der Waals surface area contributed by atoms with Gasteiger partial charge in [0, 0.05) is 21.8 Å². The van der Waals surface area contributed by atoms with Gasteiger partial charge in [-0.3, -0.25) is 0 Å². The molecule has 0 radical (unpaired) electrons. The molecule has 0 spiro atoms. The molecule has 0 bridgehead atoms. The van der Waals surface area contributed by atoms with Crippen LogP contribution < -0.4 is 0 Å². The Bertz CT molecular complexity index is 855. The summed E-state index contributed by atoms with van der Waals surface area (Å²) in [6.07, 6.45) is 5.40. The topological polar surface area (TPSA) is 50.3 Å². The van der Waals surface area contributed by atoms with Gasteiger partial charge in [-0.25, -0.2) is 13.4 Å². The van der Waals surface area contributed by atoms with E-state index in [1.807, 2.05) is 33.8 Å². The highest BCUT2D eigenvalue weighted by molar-refractivity contribution is 7.89. The van der Waals surface area contributed by atoms with E-state index in [-0.39, 0.29) is 12.1 Å². The normalized spacial score (nSPS) is 16.7. The predicted molar refractivity (Wildman–Crippen MR) is 111 cm³/mol. The van der Waals surface area contributed by atoms with Crippen molar-refractivity contribution in [1.82, 2.24) is 9.29 Å². The molecule has 0 saturated heterocycles. The van der Waals surface area contributed by atoms with E-state index in [4.69, 9.17) is 0 Å². The van der Waals surface area contributed by atoms with Gasteiger partial charge in [0.1, 0.15) is 5.01 Å². The van der Waals surface area contributed by atoms with E-state index >= 15 is 0 Å². The molecule has 2 aromatic rings. The fourth-order valence-corrected chi connectivity index (χ4v) is 8.16. The Morgan fingerprint density at radius 2 is 1.73 bits per heavy atom. The summed E-state index contributed by atoms with van der Waals surface area (Å²) in [4.78, 5) is 8.06. The van der Waals surface area contributed by atoms with Gasteiger partial charge in [0.05, 0.1) is 15.5 Å². The first kappa shape index (κ1) is 20.0. The Morgan fingerprint density at radius 3 is 2.27 bits per heavy atom. The van der Waals surface area contributed by atoms with Crippen molar-refractivity contribution in [3.05, 3.63) is 21.5 Å². The minimum absolute atomic E-state index is 0.0322. The summed E-state index contributed by atoms with van der Waals surface area (Å²) in [5, 5.41) is 0.920. The maximum atomic E-state index is 13.5. The number of aromatic nitrogens is 1.